The molecule has 0 atom stereocenters. The molecule has 5 N–H and O–H groups in total. The van der Waals surface area contributed by atoms with Gasteiger partial charge in [0.2, 0.25) is 5.91 Å². The highest BCUT2D eigenvalue weighted by Crippen LogP contribution is 2.19. The fraction of sp³-hybridized carbons (Fsp3) is 0.143. The largest absolute Gasteiger partial charge is 0.489 e. The number of carbonyl (C=O) groups is 2. The molecule has 0 saturated heterocycles. The predicted molar refractivity (Wildman–Crippen MR) is 74.4 cm³/mol. The summed E-state index contributed by atoms with van der Waals surface area (Å²) >= 11 is 0. The molecule has 0 radical (unpaired) electrons. The average Bonchev–Trinajstić information content (AvgIpc) is 2.85. The van der Waals surface area contributed by atoms with Gasteiger partial charge in [-0.05, 0) is 31.2 Å². The molecule has 0 aliphatic carbocycles. The van der Waals surface area contributed by atoms with Gasteiger partial charge in [0.15, 0.2) is 5.76 Å². The number of ether oxygens (including phenoxy) is 1. The van der Waals surface area contributed by atoms with Gasteiger partial charge in [-0.1, -0.05) is 6.07 Å². The van der Waals surface area contributed by atoms with Gasteiger partial charge in [0.25, 0.3) is 0 Å². The Balaban J connectivity index is 2.09. The lowest BCUT2D eigenvalue weighted by molar-refractivity contribution is 0.0924. The number of hydrazine groups is 1. The third-order valence-corrected chi connectivity index (χ3v) is 2.89. The van der Waals surface area contributed by atoms with E-state index in [4.69, 9.17) is 20.7 Å². The molecule has 2 aromatic rings. The lowest BCUT2D eigenvalue weighted by Crippen LogP contribution is -2.29. The Kier molecular flexibility index (Phi) is 4.24. The number of aryl methyl sites for hydroxylation is 1. The fourth-order valence-corrected chi connectivity index (χ4v) is 1.75. The lowest BCUT2D eigenvalue weighted by atomic mass is 10.2. The van der Waals surface area contributed by atoms with E-state index in [2.05, 4.69) is 0 Å². The van der Waals surface area contributed by atoms with Gasteiger partial charge in [0.1, 0.15) is 18.1 Å². The van der Waals surface area contributed by atoms with Gasteiger partial charge in [-0.3, -0.25) is 15.0 Å². The molecule has 0 spiro atoms. The van der Waals surface area contributed by atoms with E-state index >= 15 is 0 Å². The van der Waals surface area contributed by atoms with Crippen LogP contribution < -0.4 is 21.7 Å². The first kappa shape index (κ1) is 14.6. The minimum absolute atomic E-state index is 0.111. The second-order valence-electron chi connectivity index (χ2n) is 4.35. The Morgan fingerprint density at radius 2 is 2.10 bits per heavy atom. The molecule has 21 heavy (non-hydrogen) atoms. The van der Waals surface area contributed by atoms with E-state index in [1.54, 1.807) is 37.3 Å². The van der Waals surface area contributed by atoms with Crippen molar-refractivity contribution in [1.82, 2.24) is 5.43 Å². The first-order valence-electron chi connectivity index (χ1n) is 6.14. The Hall–Kier alpha value is -2.80. The number of carbonyl (C=O) groups excluding carboxylic acids is 2. The van der Waals surface area contributed by atoms with E-state index in [9.17, 15) is 9.59 Å². The van der Waals surface area contributed by atoms with Crippen molar-refractivity contribution in [2.45, 2.75) is 13.5 Å². The molecule has 0 aliphatic heterocycles. The monoisotopic (exact) mass is 289 g/mol. The van der Waals surface area contributed by atoms with Gasteiger partial charge >= 0.3 is 5.91 Å². The Morgan fingerprint density at radius 3 is 2.76 bits per heavy atom. The number of furan rings is 1. The van der Waals surface area contributed by atoms with E-state index in [-0.39, 0.29) is 12.4 Å². The predicted octanol–water partition coefficient (Wildman–Crippen LogP) is 0.869. The molecular weight excluding hydrogens is 274 g/mol. The number of primary amides is 1. The van der Waals surface area contributed by atoms with Crippen molar-refractivity contribution < 1.29 is 18.7 Å². The van der Waals surface area contributed by atoms with Crippen molar-refractivity contribution in [3.8, 4) is 5.75 Å². The standard InChI is InChI=1S/C14H15N3O4/c1-8-10(6-12(21-8)14(19)17-16)7-20-11-4-2-3-9(5-11)13(15)18/h2-6H,7,16H2,1H3,(H2,15,18)(H,17,19). The van der Waals surface area contributed by atoms with E-state index in [0.29, 0.717) is 22.6 Å². The van der Waals surface area contributed by atoms with Crippen LogP contribution in [0.1, 0.15) is 32.2 Å². The molecule has 1 aromatic carbocycles. The molecule has 7 heteroatoms. The van der Waals surface area contributed by atoms with Crippen LogP contribution in [0.25, 0.3) is 0 Å². The summed E-state index contributed by atoms with van der Waals surface area (Å²) < 4.78 is 10.8. The number of benzene rings is 1. The van der Waals surface area contributed by atoms with Crippen molar-refractivity contribution in [2.75, 3.05) is 0 Å². The second kappa shape index (κ2) is 6.10. The maximum atomic E-state index is 11.4. The SMILES string of the molecule is Cc1oc(C(=O)NN)cc1COc1cccc(C(N)=O)c1. The maximum Gasteiger partial charge on any atom is 0.300 e. The number of amides is 2. The minimum atomic E-state index is -0.526. The molecule has 1 aromatic heterocycles. The van der Waals surface area contributed by atoms with Crippen molar-refractivity contribution in [1.29, 1.82) is 0 Å². The van der Waals surface area contributed by atoms with Crippen LogP contribution in [0.2, 0.25) is 0 Å². The highest BCUT2D eigenvalue weighted by molar-refractivity contribution is 5.93. The third kappa shape index (κ3) is 3.40. The summed E-state index contributed by atoms with van der Waals surface area (Å²) in [5, 5.41) is 0. The van der Waals surface area contributed by atoms with Crippen LogP contribution in [0.3, 0.4) is 0 Å². The molecule has 0 fully saturated rings. The molecule has 1 heterocycles. The number of nitrogens with one attached hydrogen (secondary N) is 1. The summed E-state index contributed by atoms with van der Waals surface area (Å²) in [5.41, 5.74) is 8.26. The van der Waals surface area contributed by atoms with Crippen molar-refractivity contribution in [2.24, 2.45) is 11.6 Å². The smallest absolute Gasteiger partial charge is 0.300 e. The van der Waals surface area contributed by atoms with E-state index in [0.717, 1.165) is 0 Å². The fourth-order valence-electron chi connectivity index (χ4n) is 1.75. The molecular formula is C14H15N3O4. The van der Waals surface area contributed by atoms with E-state index < -0.39 is 11.8 Å². The number of nitrogen functional groups attached to an aromatic ring is 1. The van der Waals surface area contributed by atoms with Gasteiger partial charge in [0.05, 0.1) is 0 Å². The molecule has 2 amide bonds. The van der Waals surface area contributed by atoms with Crippen LogP contribution in [0.15, 0.2) is 34.7 Å². The molecule has 2 rings (SSSR count). The number of hydrogen-bond acceptors (Lipinski definition) is 5. The van der Waals surface area contributed by atoms with Gasteiger partial charge in [-0.25, -0.2) is 5.84 Å². The topological polar surface area (TPSA) is 121 Å². The van der Waals surface area contributed by atoms with Crippen molar-refractivity contribution in [3.63, 3.8) is 0 Å². The average molecular weight is 289 g/mol. The van der Waals surface area contributed by atoms with E-state index in [1.165, 1.54) is 0 Å². The first-order valence-corrected chi connectivity index (χ1v) is 6.14. The summed E-state index contributed by atoms with van der Waals surface area (Å²) in [5.74, 6) is 5.16. The van der Waals surface area contributed by atoms with Crippen molar-refractivity contribution in [3.05, 3.63) is 53.0 Å². The third-order valence-electron chi connectivity index (χ3n) is 2.89. The normalized spacial score (nSPS) is 10.2. The maximum absolute atomic E-state index is 11.4. The van der Waals surface area contributed by atoms with Crippen LogP contribution in [0.4, 0.5) is 0 Å². The molecule has 0 aliphatic rings. The van der Waals surface area contributed by atoms with Gasteiger partial charge in [-0.2, -0.15) is 0 Å². The molecule has 7 nitrogen and oxygen atoms in total. The zero-order chi connectivity index (χ0) is 15.4. The molecule has 0 saturated carbocycles. The Bertz CT molecular complexity index is 679. The second-order valence-corrected chi connectivity index (χ2v) is 4.35. The lowest BCUT2D eigenvalue weighted by Gasteiger charge is -2.06. The highest BCUT2D eigenvalue weighted by atomic mass is 16.5. The summed E-state index contributed by atoms with van der Waals surface area (Å²) in [4.78, 5) is 22.4. The summed E-state index contributed by atoms with van der Waals surface area (Å²) in [7, 11) is 0. The van der Waals surface area contributed by atoms with Crippen LogP contribution in [-0.4, -0.2) is 11.8 Å². The van der Waals surface area contributed by atoms with Crippen LogP contribution in [0, 0.1) is 6.92 Å². The number of hydrogen-bond donors (Lipinski definition) is 3. The number of rotatable bonds is 5. The van der Waals surface area contributed by atoms with Gasteiger partial charge in [0, 0.05) is 11.1 Å². The minimum Gasteiger partial charge on any atom is -0.489 e. The quantitative estimate of drug-likeness (QED) is 0.428. The van der Waals surface area contributed by atoms with Crippen LogP contribution in [-0.2, 0) is 6.61 Å². The van der Waals surface area contributed by atoms with E-state index in [1.807, 2.05) is 5.43 Å². The summed E-state index contributed by atoms with van der Waals surface area (Å²) in [6.07, 6.45) is 0. The van der Waals surface area contributed by atoms with Crippen molar-refractivity contribution >= 4 is 11.8 Å². The Morgan fingerprint density at radius 1 is 1.33 bits per heavy atom. The highest BCUT2D eigenvalue weighted by Gasteiger charge is 2.14. The summed E-state index contributed by atoms with van der Waals surface area (Å²) in [6.45, 7) is 1.90. The first-order chi connectivity index (χ1) is 10.0. The van der Waals surface area contributed by atoms with Crippen LogP contribution >= 0.6 is 0 Å². The summed E-state index contributed by atoms with van der Waals surface area (Å²) in [6, 6.07) is 8.07. The molecule has 0 unspecified atom stereocenters. The van der Waals surface area contributed by atoms with Gasteiger partial charge < -0.3 is 14.9 Å². The van der Waals surface area contributed by atoms with Crippen LogP contribution in [0.5, 0.6) is 5.75 Å². The van der Waals surface area contributed by atoms with Gasteiger partial charge in [-0.15, -0.1) is 0 Å². The zero-order valence-electron chi connectivity index (χ0n) is 11.4. The Labute approximate surface area is 120 Å². The number of nitrogens with two attached hydrogens (primary N) is 2. The molecule has 110 valence electrons. The zero-order valence-corrected chi connectivity index (χ0v) is 11.4. The molecule has 0 bridgehead atoms.